The number of benzene rings is 1. The minimum atomic E-state index is -4.85. The topological polar surface area (TPSA) is 101 Å². The van der Waals surface area contributed by atoms with E-state index in [0.29, 0.717) is 26.8 Å². The second kappa shape index (κ2) is 4.96. The van der Waals surface area contributed by atoms with Crippen LogP contribution in [0.1, 0.15) is 15.4 Å². The van der Waals surface area contributed by atoms with E-state index in [0.717, 1.165) is 6.20 Å². The molecule has 0 atom stereocenters. The average molecular weight is 369 g/mol. The molecule has 25 heavy (non-hydrogen) atoms. The molecule has 128 valence electrons. The van der Waals surface area contributed by atoms with Gasteiger partial charge >= 0.3 is 17.9 Å². The van der Waals surface area contributed by atoms with Crippen LogP contribution in [-0.2, 0) is 6.18 Å². The molecule has 0 aliphatic heterocycles. The first-order valence-corrected chi connectivity index (χ1v) is 7.51. The van der Waals surface area contributed by atoms with Gasteiger partial charge in [0.1, 0.15) is 4.88 Å². The molecule has 0 bridgehead atoms. The summed E-state index contributed by atoms with van der Waals surface area (Å²) < 4.78 is 45.3. The van der Waals surface area contributed by atoms with Gasteiger partial charge in [0.25, 0.3) is 0 Å². The molecule has 11 heteroatoms. The number of nitrogens with one attached hydrogen (secondary N) is 1. The normalized spacial score (nSPS) is 12.3. The van der Waals surface area contributed by atoms with Crippen molar-refractivity contribution < 1.29 is 27.5 Å². The van der Waals surface area contributed by atoms with Gasteiger partial charge in [-0.2, -0.15) is 13.2 Å². The lowest BCUT2D eigenvalue weighted by Crippen LogP contribution is -2.13. The summed E-state index contributed by atoms with van der Waals surface area (Å²) in [5, 5.41) is 8.98. The van der Waals surface area contributed by atoms with E-state index in [4.69, 9.17) is 9.52 Å². The van der Waals surface area contributed by atoms with E-state index in [1.165, 1.54) is 12.1 Å². The van der Waals surface area contributed by atoms with Gasteiger partial charge in [0.2, 0.25) is 0 Å². The smallest absolute Gasteiger partial charge is 0.433 e. The fourth-order valence-corrected chi connectivity index (χ4v) is 3.47. The molecule has 2 N–H and O–H groups in total. The molecule has 0 spiro atoms. The second-order valence-corrected chi connectivity index (χ2v) is 6.06. The zero-order chi connectivity index (χ0) is 17.9. The summed E-state index contributed by atoms with van der Waals surface area (Å²) in [6.07, 6.45) is -3.74. The van der Waals surface area contributed by atoms with Crippen LogP contribution in [0.4, 0.5) is 13.2 Å². The molecule has 0 saturated heterocycles. The van der Waals surface area contributed by atoms with E-state index in [1.807, 2.05) is 0 Å². The maximum absolute atomic E-state index is 13.2. The lowest BCUT2D eigenvalue weighted by Gasteiger charge is -2.06. The minimum absolute atomic E-state index is 0.102. The summed E-state index contributed by atoms with van der Waals surface area (Å²) in [6.45, 7) is 0. The molecule has 0 unspecified atom stereocenters. The van der Waals surface area contributed by atoms with E-state index in [1.54, 1.807) is 6.07 Å². The molecule has 0 radical (unpaired) electrons. The monoisotopic (exact) mass is 369 g/mol. The molecule has 0 saturated carbocycles. The molecule has 0 amide bonds. The summed E-state index contributed by atoms with van der Waals surface area (Å²) in [5.74, 6) is -2.32. The second-order valence-electron chi connectivity index (χ2n) is 5.09. The molecule has 4 aromatic rings. The van der Waals surface area contributed by atoms with E-state index in [2.05, 4.69) is 9.97 Å². The molecular weight excluding hydrogens is 363 g/mol. The van der Waals surface area contributed by atoms with Crippen LogP contribution in [-0.4, -0.2) is 25.4 Å². The number of thiazole rings is 1. The van der Waals surface area contributed by atoms with Crippen LogP contribution < -0.4 is 5.76 Å². The number of oxazole rings is 1. The third-order valence-corrected chi connectivity index (χ3v) is 4.55. The van der Waals surface area contributed by atoms with Crippen molar-refractivity contribution in [3.8, 4) is 11.3 Å². The number of hydrogen-bond donors (Lipinski definition) is 2. The van der Waals surface area contributed by atoms with Gasteiger partial charge in [0.05, 0.1) is 11.2 Å². The number of carbonyl (C=O) groups is 1. The number of aromatic carboxylic acids is 1. The van der Waals surface area contributed by atoms with Crippen LogP contribution in [0, 0.1) is 0 Å². The zero-order valence-electron chi connectivity index (χ0n) is 11.9. The van der Waals surface area contributed by atoms with Crippen molar-refractivity contribution >= 4 is 33.4 Å². The van der Waals surface area contributed by atoms with Crippen molar-refractivity contribution in [1.29, 1.82) is 0 Å². The van der Waals surface area contributed by atoms with Crippen LogP contribution in [0.5, 0.6) is 0 Å². The Hall–Kier alpha value is -3.08. The SMILES string of the molecule is O=C(O)c1sc2nc(-c3ccc4[nH]c(=O)oc4c3)cn2c1C(F)(F)F. The molecule has 0 aliphatic rings. The van der Waals surface area contributed by atoms with Crippen LogP contribution >= 0.6 is 11.3 Å². The number of alkyl halides is 3. The number of aromatic nitrogens is 3. The van der Waals surface area contributed by atoms with E-state index >= 15 is 0 Å². The molecule has 3 heterocycles. The van der Waals surface area contributed by atoms with Crippen molar-refractivity contribution in [3.05, 3.63) is 45.5 Å². The van der Waals surface area contributed by atoms with Crippen LogP contribution in [0.15, 0.2) is 33.6 Å². The lowest BCUT2D eigenvalue weighted by molar-refractivity contribution is -0.142. The Balaban J connectivity index is 1.92. The Labute approximate surface area is 139 Å². The highest BCUT2D eigenvalue weighted by atomic mass is 32.1. The summed E-state index contributed by atoms with van der Waals surface area (Å²) >= 11 is 0.435. The van der Waals surface area contributed by atoms with Crippen molar-refractivity contribution in [2.75, 3.05) is 0 Å². The van der Waals surface area contributed by atoms with Gasteiger partial charge in [-0.15, -0.1) is 0 Å². The number of imidazole rings is 1. The number of hydrogen-bond acceptors (Lipinski definition) is 5. The fraction of sp³-hybridized carbons (Fsp3) is 0.0714. The highest BCUT2D eigenvalue weighted by Crippen LogP contribution is 2.38. The molecule has 0 fully saturated rings. The molecule has 1 aromatic carbocycles. The number of halogens is 3. The van der Waals surface area contributed by atoms with Crippen LogP contribution in [0.25, 0.3) is 27.3 Å². The third-order valence-electron chi connectivity index (χ3n) is 3.50. The molecule has 4 rings (SSSR count). The minimum Gasteiger partial charge on any atom is -0.477 e. The van der Waals surface area contributed by atoms with Crippen molar-refractivity contribution in [3.63, 3.8) is 0 Å². The van der Waals surface area contributed by atoms with Gasteiger partial charge in [-0.1, -0.05) is 17.4 Å². The fourth-order valence-electron chi connectivity index (χ4n) is 2.50. The first-order chi connectivity index (χ1) is 11.7. The van der Waals surface area contributed by atoms with Crippen LogP contribution in [0.3, 0.4) is 0 Å². The van der Waals surface area contributed by atoms with Gasteiger partial charge in [0.15, 0.2) is 16.2 Å². The van der Waals surface area contributed by atoms with Gasteiger partial charge in [-0.3, -0.25) is 9.38 Å². The predicted molar refractivity (Wildman–Crippen MR) is 80.9 cm³/mol. The number of H-pyrrole nitrogens is 1. The molecule has 3 aromatic heterocycles. The Morgan fingerprint density at radius 3 is 2.80 bits per heavy atom. The molecular formula is C14H6F3N3O4S. The number of nitrogens with zero attached hydrogens (tertiary/aromatic N) is 2. The maximum Gasteiger partial charge on any atom is 0.433 e. The lowest BCUT2D eigenvalue weighted by atomic mass is 10.1. The number of carboxylic acid groups (broad SMARTS) is 1. The number of aromatic amines is 1. The first kappa shape index (κ1) is 15.4. The largest absolute Gasteiger partial charge is 0.477 e. The summed E-state index contributed by atoms with van der Waals surface area (Å²) in [5.41, 5.74) is 0.0173. The van der Waals surface area contributed by atoms with Gasteiger partial charge < -0.3 is 9.52 Å². The molecule has 7 nitrogen and oxygen atoms in total. The van der Waals surface area contributed by atoms with Crippen molar-refractivity contribution in [2.45, 2.75) is 6.18 Å². The summed E-state index contributed by atoms with van der Waals surface area (Å²) in [4.78, 5) is 27.8. The van der Waals surface area contributed by atoms with Gasteiger partial charge in [-0.25, -0.2) is 14.6 Å². The molecule has 0 aliphatic carbocycles. The quantitative estimate of drug-likeness (QED) is 0.565. The maximum atomic E-state index is 13.2. The Bertz CT molecular complexity index is 1200. The summed E-state index contributed by atoms with van der Waals surface area (Å²) in [7, 11) is 0. The zero-order valence-corrected chi connectivity index (χ0v) is 12.7. The highest BCUT2D eigenvalue weighted by Gasteiger charge is 2.40. The van der Waals surface area contributed by atoms with E-state index < -0.39 is 28.5 Å². The number of rotatable bonds is 2. The highest BCUT2D eigenvalue weighted by molar-refractivity contribution is 7.19. The number of fused-ring (bicyclic) bond motifs is 2. The standard InChI is InChI=1S/C14H6F3N3O4S/c15-14(16,17)10-9(11(21)22)25-12-18-7(4-20(10)12)5-1-2-6-8(3-5)24-13(23)19-6/h1-4H,(H,19,23)(H,21,22). The summed E-state index contributed by atoms with van der Waals surface area (Å²) in [6, 6.07) is 4.56. The van der Waals surface area contributed by atoms with E-state index in [9.17, 15) is 22.8 Å². The average Bonchev–Trinajstić information content (AvgIpc) is 3.14. The number of carboxylic acids is 1. The van der Waals surface area contributed by atoms with Gasteiger partial charge in [0, 0.05) is 11.8 Å². The first-order valence-electron chi connectivity index (χ1n) is 6.69. The predicted octanol–water partition coefficient (Wildman–Crippen LogP) is 3.21. The van der Waals surface area contributed by atoms with Crippen LogP contribution in [0.2, 0.25) is 0 Å². The van der Waals surface area contributed by atoms with Gasteiger partial charge in [-0.05, 0) is 12.1 Å². The third kappa shape index (κ3) is 2.39. The Morgan fingerprint density at radius 2 is 2.12 bits per heavy atom. The van der Waals surface area contributed by atoms with Crippen molar-refractivity contribution in [1.82, 2.24) is 14.4 Å². The Morgan fingerprint density at radius 1 is 1.36 bits per heavy atom. The Kier molecular flexibility index (Phi) is 3.06. The van der Waals surface area contributed by atoms with Crippen molar-refractivity contribution in [2.24, 2.45) is 0 Å². The van der Waals surface area contributed by atoms with E-state index in [-0.39, 0.29) is 16.2 Å².